The third-order valence-corrected chi connectivity index (χ3v) is 7.77. The molecule has 15 heteroatoms. The van der Waals surface area contributed by atoms with Crippen molar-refractivity contribution in [3.05, 3.63) is 100.0 Å². The standard InChI is InChI=1S/C35H39N5O10/c1-21(2)32-23(4)13-14-30(42)36-15-7-9-22(3)17-25(49-35(45)38-26-10-5-6-11-28(26)40(46)47)18-24(41)19-31-37-27(20-48-31)33(43)39-16-8-12-29(39)34(44)50-32/h5-7,9-14,17,20-21,23,25,32H,8,15-16,18-19H2,1-4H3,(H,36,42)(H,38,45)/b9-7+,14-13+,22-17+/t23-,25-,32-/m1/s1. The number of benzene rings is 1. The molecule has 50 heavy (non-hydrogen) atoms. The Morgan fingerprint density at radius 3 is 2.68 bits per heavy atom. The Morgan fingerprint density at radius 1 is 1.18 bits per heavy atom. The molecule has 1 aromatic heterocycles. The monoisotopic (exact) mass is 689 g/mol. The van der Waals surface area contributed by atoms with Crippen LogP contribution in [-0.2, 0) is 30.3 Å². The molecule has 0 spiro atoms. The second kappa shape index (κ2) is 17.0. The third kappa shape index (κ3) is 10.1. The van der Waals surface area contributed by atoms with Crippen LogP contribution >= 0.6 is 0 Å². The SMILES string of the molecule is CC1=C\[C@@H](OC(=O)Nc2ccccc2[N+](=O)[O-])CC(=O)Cc2nc(co2)C(=O)N2CCC=C2C(=O)O[C@H](C(C)C)[C@H](C)/C=C/C(=O)NC\C=C\1. The van der Waals surface area contributed by atoms with Crippen molar-refractivity contribution in [3.63, 3.8) is 0 Å². The lowest BCUT2D eigenvalue weighted by atomic mass is 9.94. The molecular weight excluding hydrogens is 650 g/mol. The molecule has 2 aromatic rings. The number of nitro groups is 1. The van der Waals surface area contributed by atoms with Crippen molar-refractivity contribution in [1.82, 2.24) is 15.2 Å². The number of hydrogen-bond donors (Lipinski definition) is 2. The smallest absolute Gasteiger partial charge is 0.412 e. The largest absolute Gasteiger partial charge is 0.457 e. The number of anilines is 1. The fourth-order valence-corrected chi connectivity index (χ4v) is 5.40. The van der Waals surface area contributed by atoms with Gasteiger partial charge in [0.25, 0.3) is 11.6 Å². The van der Waals surface area contributed by atoms with Gasteiger partial charge in [-0.3, -0.25) is 29.8 Å². The van der Waals surface area contributed by atoms with Crippen molar-refractivity contribution in [2.45, 2.75) is 59.2 Å². The summed E-state index contributed by atoms with van der Waals surface area (Å²) in [7, 11) is 0. The van der Waals surface area contributed by atoms with E-state index in [0.29, 0.717) is 12.0 Å². The number of para-hydroxylation sites is 2. The van der Waals surface area contributed by atoms with Crippen LogP contribution < -0.4 is 10.6 Å². The zero-order chi connectivity index (χ0) is 36.4. The average molecular weight is 690 g/mol. The van der Waals surface area contributed by atoms with Gasteiger partial charge in [-0.1, -0.05) is 62.8 Å². The van der Waals surface area contributed by atoms with E-state index >= 15 is 0 Å². The van der Waals surface area contributed by atoms with Gasteiger partial charge in [0.05, 0.1) is 11.3 Å². The van der Waals surface area contributed by atoms with Gasteiger partial charge in [-0.2, -0.15) is 0 Å². The van der Waals surface area contributed by atoms with Crippen molar-refractivity contribution >= 4 is 41.0 Å². The molecule has 0 saturated heterocycles. The minimum atomic E-state index is -1.12. The molecule has 2 aliphatic heterocycles. The number of amides is 3. The minimum Gasteiger partial charge on any atom is -0.457 e. The van der Waals surface area contributed by atoms with Crippen molar-refractivity contribution in [1.29, 1.82) is 0 Å². The number of aromatic nitrogens is 1. The average Bonchev–Trinajstić information content (AvgIpc) is 3.74. The number of nitro benzene ring substituents is 1. The van der Waals surface area contributed by atoms with Gasteiger partial charge in [-0.15, -0.1) is 0 Å². The van der Waals surface area contributed by atoms with Gasteiger partial charge in [-0.05, 0) is 37.5 Å². The predicted octanol–water partition coefficient (Wildman–Crippen LogP) is 4.82. The van der Waals surface area contributed by atoms with Crippen LogP contribution in [0.15, 0.2) is 82.7 Å². The fraction of sp³-hybridized carbons (Fsp3) is 0.371. The summed E-state index contributed by atoms with van der Waals surface area (Å²) in [5.74, 6) is -2.65. The Hall–Kier alpha value is -5.86. The highest BCUT2D eigenvalue weighted by Gasteiger charge is 2.34. The first-order valence-corrected chi connectivity index (χ1v) is 16.0. The maximum absolute atomic E-state index is 13.4. The first-order chi connectivity index (χ1) is 23.8. The van der Waals surface area contributed by atoms with E-state index in [0.717, 1.165) is 6.26 Å². The zero-order valence-corrected chi connectivity index (χ0v) is 28.1. The third-order valence-electron chi connectivity index (χ3n) is 7.77. The van der Waals surface area contributed by atoms with Gasteiger partial charge in [0.1, 0.15) is 35.6 Å². The second-order valence-corrected chi connectivity index (χ2v) is 12.1. The summed E-state index contributed by atoms with van der Waals surface area (Å²) in [5, 5.41) is 16.5. The van der Waals surface area contributed by atoms with Gasteiger partial charge >= 0.3 is 12.1 Å². The van der Waals surface area contributed by atoms with E-state index in [4.69, 9.17) is 13.9 Å². The number of ether oxygens (including phenoxy) is 2. The second-order valence-electron chi connectivity index (χ2n) is 12.1. The van der Waals surface area contributed by atoms with Gasteiger partial charge in [-0.25, -0.2) is 14.6 Å². The highest BCUT2D eigenvalue weighted by Crippen LogP contribution is 2.26. The molecule has 0 fully saturated rings. The van der Waals surface area contributed by atoms with E-state index in [-0.39, 0.29) is 72.3 Å². The highest BCUT2D eigenvalue weighted by molar-refractivity contribution is 6.00. The molecule has 2 aliphatic rings. The Bertz CT molecular complexity index is 1750. The van der Waals surface area contributed by atoms with Crippen LogP contribution in [0.4, 0.5) is 16.2 Å². The molecule has 4 rings (SSSR count). The molecule has 0 unspecified atom stereocenters. The number of nitrogens with one attached hydrogen (secondary N) is 2. The van der Waals surface area contributed by atoms with Gasteiger partial charge in [0.2, 0.25) is 11.8 Å². The number of ketones is 1. The van der Waals surface area contributed by atoms with Crippen LogP contribution in [0, 0.1) is 22.0 Å². The maximum atomic E-state index is 13.4. The van der Waals surface area contributed by atoms with Crippen molar-refractivity contribution in [3.8, 4) is 0 Å². The van der Waals surface area contributed by atoms with Crippen LogP contribution in [0.5, 0.6) is 0 Å². The summed E-state index contributed by atoms with van der Waals surface area (Å²) in [5.41, 5.74) is 0.0811. The topological polar surface area (TPSA) is 200 Å². The lowest BCUT2D eigenvalue weighted by molar-refractivity contribution is -0.383. The van der Waals surface area contributed by atoms with E-state index in [1.165, 1.54) is 41.3 Å². The molecule has 3 atom stereocenters. The molecule has 3 amide bonds. The van der Waals surface area contributed by atoms with Gasteiger partial charge in [0, 0.05) is 31.5 Å². The van der Waals surface area contributed by atoms with Crippen LogP contribution in [0.1, 0.15) is 56.9 Å². The Kier molecular flexibility index (Phi) is 12.6. The zero-order valence-electron chi connectivity index (χ0n) is 28.1. The Balaban J connectivity index is 1.59. The molecule has 264 valence electrons. The molecule has 3 heterocycles. The van der Waals surface area contributed by atoms with E-state index < -0.39 is 40.9 Å². The molecule has 2 N–H and O–H groups in total. The van der Waals surface area contributed by atoms with Gasteiger partial charge in [0.15, 0.2) is 5.69 Å². The maximum Gasteiger partial charge on any atom is 0.412 e. The number of hydrogen-bond acceptors (Lipinski definition) is 11. The van der Waals surface area contributed by atoms with E-state index in [1.807, 2.05) is 20.8 Å². The summed E-state index contributed by atoms with van der Waals surface area (Å²) >= 11 is 0. The molecule has 15 nitrogen and oxygen atoms in total. The van der Waals surface area contributed by atoms with Crippen molar-refractivity contribution in [2.24, 2.45) is 11.8 Å². The van der Waals surface area contributed by atoms with E-state index in [1.54, 1.807) is 31.2 Å². The summed E-state index contributed by atoms with van der Waals surface area (Å²) < 4.78 is 16.8. The highest BCUT2D eigenvalue weighted by atomic mass is 16.6. The first-order valence-electron chi connectivity index (χ1n) is 16.0. The molecular formula is C35H39N5O10. The summed E-state index contributed by atoms with van der Waals surface area (Å²) in [6.45, 7) is 7.65. The minimum absolute atomic E-state index is 0.0571. The predicted molar refractivity (Wildman–Crippen MR) is 179 cm³/mol. The fourth-order valence-electron chi connectivity index (χ4n) is 5.40. The van der Waals surface area contributed by atoms with Crippen LogP contribution in [0.25, 0.3) is 0 Å². The number of carbonyl (C=O) groups excluding carboxylic acids is 5. The molecule has 2 bridgehead atoms. The number of cyclic esters (lactones) is 1. The molecule has 1 aromatic carbocycles. The number of rotatable bonds is 4. The van der Waals surface area contributed by atoms with E-state index in [9.17, 15) is 34.1 Å². The van der Waals surface area contributed by atoms with Crippen LogP contribution in [-0.4, -0.2) is 69.8 Å². The number of allylic oxidation sites excluding steroid dienone is 2. The lowest BCUT2D eigenvalue weighted by Gasteiger charge is -2.27. The number of nitrogens with zero attached hydrogens (tertiary/aromatic N) is 3. The van der Waals surface area contributed by atoms with Crippen molar-refractivity contribution < 1.29 is 42.8 Å². The molecule has 0 saturated carbocycles. The number of oxazole rings is 1. The normalized spacial score (nSPS) is 23.5. The number of Topliss-reactive ketones (excluding diaryl/α,β-unsaturated/α-hetero) is 1. The number of carbonyl (C=O) groups is 5. The number of esters is 1. The van der Waals surface area contributed by atoms with E-state index in [2.05, 4.69) is 15.6 Å². The molecule has 0 radical (unpaired) electrons. The Labute approximate surface area is 288 Å². The van der Waals surface area contributed by atoms with Gasteiger partial charge < -0.3 is 24.1 Å². The molecule has 0 aliphatic carbocycles. The first kappa shape index (κ1) is 37.0. The summed E-state index contributed by atoms with van der Waals surface area (Å²) in [6, 6.07) is 5.51. The number of fused-ring (bicyclic) bond motifs is 3. The van der Waals surface area contributed by atoms with Crippen molar-refractivity contribution in [2.75, 3.05) is 18.4 Å². The lowest BCUT2D eigenvalue weighted by Crippen LogP contribution is -2.36. The summed E-state index contributed by atoms with van der Waals surface area (Å²) in [4.78, 5) is 81.3. The Morgan fingerprint density at radius 2 is 1.94 bits per heavy atom. The summed E-state index contributed by atoms with van der Waals surface area (Å²) in [6.07, 6.45) is 7.53. The van der Waals surface area contributed by atoms with Crippen LogP contribution in [0.3, 0.4) is 0 Å². The quantitative estimate of drug-likeness (QED) is 0.253. The van der Waals surface area contributed by atoms with Crippen LogP contribution in [0.2, 0.25) is 0 Å².